The second kappa shape index (κ2) is 4.99. The van der Waals surface area contributed by atoms with Crippen molar-refractivity contribution in [3.8, 4) is 11.4 Å². The second-order valence-corrected chi connectivity index (χ2v) is 4.63. The first-order chi connectivity index (χ1) is 9.65. The van der Waals surface area contributed by atoms with E-state index in [0.29, 0.717) is 5.82 Å². The molecule has 6 heteroatoms. The van der Waals surface area contributed by atoms with Crippen molar-refractivity contribution < 1.29 is 9.63 Å². The molecule has 20 heavy (non-hydrogen) atoms. The van der Waals surface area contributed by atoms with Gasteiger partial charge in [-0.05, 0) is 31.2 Å². The smallest absolute Gasteiger partial charge is 0.246 e. The minimum absolute atomic E-state index is 0.223. The Bertz CT molecular complexity index is 739. The Kier molecular flexibility index (Phi) is 3.17. The van der Waals surface area contributed by atoms with Gasteiger partial charge in [-0.3, -0.25) is 4.98 Å². The summed E-state index contributed by atoms with van der Waals surface area (Å²) in [5, 5.41) is 14.3. The third kappa shape index (κ3) is 2.26. The summed E-state index contributed by atoms with van der Waals surface area (Å²) in [7, 11) is 0. The maximum Gasteiger partial charge on any atom is 0.246 e. The molecular weight excluding hydrogens is 256 g/mol. The van der Waals surface area contributed by atoms with Crippen molar-refractivity contribution in [1.29, 1.82) is 0 Å². The van der Waals surface area contributed by atoms with Crippen molar-refractivity contribution >= 4 is 10.9 Å². The number of fused-ring (bicyclic) bond motifs is 1. The first-order valence-electron chi connectivity index (χ1n) is 6.27. The van der Waals surface area contributed by atoms with E-state index >= 15 is 0 Å². The van der Waals surface area contributed by atoms with Gasteiger partial charge < -0.3 is 15.4 Å². The number of benzene rings is 1. The Labute approximate surface area is 115 Å². The zero-order chi connectivity index (χ0) is 14.1. The Morgan fingerprint density at radius 3 is 2.95 bits per heavy atom. The summed E-state index contributed by atoms with van der Waals surface area (Å²) in [5.74, 6) is 0.670. The van der Waals surface area contributed by atoms with Crippen LogP contribution in [0.2, 0.25) is 0 Å². The molecule has 6 nitrogen and oxygen atoms in total. The standard InChI is InChI=1S/C14H14N4O2/c1-8(19)12(15)14-17-13(18-20-14)10-4-5-11-9(7-10)3-2-6-16-11/h2-8,12,19H,15H2,1H3/t8-,12+/m1/s1. The van der Waals surface area contributed by atoms with E-state index in [1.54, 1.807) is 13.1 Å². The van der Waals surface area contributed by atoms with Gasteiger partial charge in [0.2, 0.25) is 11.7 Å². The number of nitrogens with two attached hydrogens (primary N) is 1. The van der Waals surface area contributed by atoms with Crippen LogP contribution in [0.1, 0.15) is 18.9 Å². The molecule has 0 radical (unpaired) electrons. The molecule has 0 bridgehead atoms. The average Bonchev–Trinajstić information content (AvgIpc) is 2.95. The van der Waals surface area contributed by atoms with Crippen LogP contribution in [-0.2, 0) is 0 Å². The maximum absolute atomic E-state index is 9.43. The largest absolute Gasteiger partial charge is 0.391 e. The summed E-state index contributed by atoms with van der Waals surface area (Å²) < 4.78 is 5.09. The van der Waals surface area contributed by atoms with Crippen LogP contribution in [-0.4, -0.2) is 26.3 Å². The van der Waals surface area contributed by atoms with Crippen LogP contribution in [0, 0.1) is 0 Å². The average molecular weight is 270 g/mol. The fraction of sp³-hybridized carbons (Fsp3) is 0.214. The molecule has 3 aromatic rings. The first kappa shape index (κ1) is 12.7. The Morgan fingerprint density at radius 2 is 2.15 bits per heavy atom. The number of hydrogen-bond donors (Lipinski definition) is 2. The van der Waals surface area contributed by atoms with Crippen LogP contribution < -0.4 is 5.73 Å². The van der Waals surface area contributed by atoms with Crippen molar-refractivity contribution in [3.05, 3.63) is 42.4 Å². The van der Waals surface area contributed by atoms with E-state index in [2.05, 4.69) is 15.1 Å². The zero-order valence-electron chi connectivity index (χ0n) is 10.9. The molecule has 3 rings (SSSR count). The topological polar surface area (TPSA) is 98.1 Å². The van der Waals surface area contributed by atoms with E-state index < -0.39 is 12.1 Å². The molecular formula is C14H14N4O2. The molecule has 0 unspecified atom stereocenters. The van der Waals surface area contributed by atoms with Gasteiger partial charge in [-0.1, -0.05) is 11.2 Å². The van der Waals surface area contributed by atoms with E-state index in [-0.39, 0.29) is 5.89 Å². The van der Waals surface area contributed by atoms with Gasteiger partial charge in [0.25, 0.3) is 0 Å². The van der Waals surface area contributed by atoms with E-state index in [4.69, 9.17) is 10.3 Å². The highest BCUT2D eigenvalue weighted by Crippen LogP contribution is 2.22. The lowest BCUT2D eigenvalue weighted by molar-refractivity contribution is 0.146. The number of aliphatic hydroxyl groups excluding tert-OH is 1. The number of nitrogens with zero attached hydrogens (tertiary/aromatic N) is 3. The number of aromatic nitrogens is 3. The lowest BCUT2D eigenvalue weighted by Crippen LogP contribution is -2.23. The van der Waals surface area contributed by atoms with Crippen LogP contribution >= 0.6 is 0 Å². The summed E-state index contributed by atoms with van der Waals surface area (Å²) >= 11 is 0. The van der Waals surface area contributed by atoms with Crippen LogP contribution in [0.25, 0.3) is 22.3 Å². The number of aliphatic hydroxyl groups is 1. The van der Waals surface area contributed by atoms with E-state index in [0.717, 1.165) is 16.5 Å². The SMILES string of the molecule is C[C@@H](O)[C@H](N)c1nc(-c2ccc3ncccc3c2)no1. The molecule has 0 saturated heterocycles. The molecule has 0 amide bonds. The normalized spacial score (nSPS) is 14.3. The summed E-state index contributed by atoms with van der Waals surface area (Å²) in [6.07, 6.45) is 1.000. The lowest BCUT2D eigenvalue weighted by atomic mass is 10.1. The Balaban J connectivity index is 1.99. The molecule has 0 saturated carbocycles. The van der Waals surface area contributed by atoms with Crippen LogP contribution in [0.3, 0.4) is 0 Å². The maximum atomic E-state index is 9.43. The van der Waals surface area contributed by atoms with Gasteiger partial charge in [0.05, 0.1) is 11.6 Å². The molecule has 0 aliphatic carbocycles. The summed E-state index contributed by atoms with van der Waals surface area (Å²) in [6, 6.07) is 8.86. The first-order valence-corrected chi connectivity index (χ1v) is 6.27. The molecule has 2 aromatic heterocycles. The van der Waals surface area contributed by atoms with Gasteiger partial charge in [0, 0.05) is 17.1 Å². The molecule has 0 spiro atoms. The molecule has 3 N–H and O–H groups in total. The summed E-state index contributed by atoms with van der Waals surface area (Å²) in [5.41, 5.74) is 7.48. The minimum Gasteiger partial charge on any atom is -0.391 e. The molecule has 0 aliphatic heterocycles. The van der Waals surface area contributed by atoms with Crippen LogP contribution in [0.4, 0.5) is 0 Å². The Hall–Kier alpha value is -2.31. The third-order valence-electron chi connectivity index (χ3n) is 3.11. The lowest BCUT2D eigenvalue weighted by Gasteiger charge is -2.08. The molecule has 2 heterocycles. The number of hydrogen-bond acceptors (Lipinski definition) is 6. The number of pyridine rings is 1. The summed E-state index contributed by atoms with van der Waals surface area (Å²) in [6.45, 7) is 1.58. The fourth-order valence-corrected chi connectivity index (χ4v) is 1.91. The summed E-state index contributed by atoms with van der Waals surface area (Å²) in [4.78, 5) is 8.48. The van der Waals surface area contributed by atoms with Crippen molar-refractivity contribution in [2.75, 3.05) is 0 Å². The predicted octanol–water partition coefficient (Wildman–Crippen LogP) is 1.67. The highest BCUT2D eigenvalue weighted by molar-refractivity contribution is 5.82. The third-order valence-corrected chi connectivity index (χ3v) is 3.11. The van der Waals surface area contributed by atoms with E-state index in [1.165, 1.54) is 0 Å². The van der Waals surface area contributed by atoms with Crippen molar-refractivity contribution in [2.24, 2.45) is 5.73 Å². The van der Waals surface area contributed by atoms with E-state index in [9.17, 15) is 5.11 Å². The van der Waals surface area contributed by atoms with Gasteiger partial charge in [-0.2, -0.15) is 4.98 Å². The molecule has 0 aliphatic rings. The zero-order valence-corrected chi connectivity index (χ0v) is 10.9. The van der Waals surface area contributed by atoms with Gasteiger partial charge >= 0.3 is 0 Å². The van der Waals surface area contributed by atoms with Gasteiger partial charge in [0.15, 0.2) is 0 Å². The van der Waals surface area contributed by atoms with Gasteiger partial charge in [-0.15, -0.1) is 0 Å². The molecule has 102 valence electrons. The van der Waals surface area contributed by atoms with Crippen molar-refractivity contribution in [3.63, 3.8) is 0 Å². The fourth-order valence-electron chi connectivity index (χ4n) is 1.91. The molecule has 0 fully saturated rings. The second-order valence-electron chi connectivity index (χ2n) is 4.63. The van der Waals surface area contributed by atoms with Crippen molar-refractivity contribution in [2.45, 2.75) is 19.1 Å². The van der Waals surface area contributed by atoms with Crippen molar-refractivity contribution in [1.82, 2.24) is 15.1 Å². The predicted molar refractivity (Wildman–Crippen MR) is 73.6 cm³/mol. The van der Waals surface area contributed by atoms with Gasteiger partial charge in [-0.25, -0.2) is 0 Å². The highest BCUT2D eigenvalue weighted by Gasteiger charge is 2.20. The quantitative estimate of drug-likeness (QED) is 0.751. The van der Waals surface area contributed by atoms with Crippen LogP contribution in [0.5, 0.6) is 0 Å². The minimum atomic E-state index is -0.746. The molecule has 2 atom stereocenters. The van der Waals surface area contributed by atoms with Crippen LogP contribution in [0.15, 0.2) is 41.1 Å². The number of rotatable bonds is 3. The van der Waals surface area contributed by atoms with E-state index in [1.807, 2.05) is 30.3 Å². The highest BCUT2D eigenvalue weighted by atomic mass is 16.5. The monoisotopic (exact) mass is 270 g/mol. The van der Waals surface area contributed by atoms with Gasteiger partial charge in [0.1, 0.15) is 6.04 Å². The molecule has 1 aromatic carbocycles. The Morgan fingerprint density at radius 1 is 1.30 bits per heavy atom.